The van der Waals surface area contributed by atoms with Crippen molar-refractivity contribution in [3.8, 4) is 0 Å². The first kappa shape index (κ1) is 27.6. The standard InChI is InChI=1S/C27H39FN4O4/c1-4-22(27(2,3)26(36)32-14-10-18(11-15-32)16-23(33)34)30-25(35)20-9-8-19(17-21(20)28)24(29)31-12-6-5-7-13-31/h8-9,17-18,22,29H,4-7,10-16H2,1-3H3,(H,30,35)(H,33,34). The first-order valence-electron chi connectivity index (χ1n) is 13.0. The second-order valence-electron chi connectivity index (χ2n) is 10.6. The normalized spacial score (nSPS) is 18.0. The van der Waals surface area contributed by atoms with E-state index in [-0.39, 0.29) is 29.6 Å². The Kier molecular flexibility index (Phi) is 9.08. The van der Waals surface area contributed by atoms with Crippen LogP contribution < -0.4 is 5.32 Å². The zero-order valence-corrected chi connectivity index (χ0v) is 21.6. The number of likely N-dealkylation sites (tertiary alicyclic amines) is 2. The van der Waals surface area contributed by atoms with Gasteiger partial charge in [0.1, 0.15) is 11.7 Å². The number of nitrogens with one attached hydrogen (secondary N) is 2. The van der Waals surface area contributed by atoms with Crippen LogP contribution in [0.1, 0.15) is 81.6 Å². The lowest BCUT2D eigenvalue weighted by molar-refractivity contribution is -0.143. The third kappa shape index (κ3) is 6.42. The summed E-state index contributed by atoms with van der Waals surface area (Å²) in [6.45, 7) is 7.98. The molecule has 0 spiro atoms. The Hall–Kier alpha value is -2.97. The van der Waals surface area contributed by atoms with E-state index in [1.165, 1.54) is 12.1 Å². The molecule has 36 heavy (non-hydrogen) atoms. The molecule has 8 nitrogen and oxygen atoms in total. The van der Waals surface area contributed by atoms with Crippen molar-refractivity contribution in [2.45, 2.75) is 71.8 Å². The van der Waals surface area contributed by atoms with Gasteiger partial charge in [-0.3, -0.25) is 19.8 Å². The summed E-state index contributed by atoms with van der Waals surface area (Å²) >= 11 is 0. The van der Waals surface area contributed by atoms with Crippen LogP contribution in [0.3, 0.4) is 0 Å². The molecule has 2 aliphatic heterocycles. The van der Waals surface area contributed by atoms with E-state index in [1.54, 1.807) is 24.8 Å². The van der Waals surface area contributed by atoms with Crippen LogP contribution >= 0.6 is 0 Å². The summed E-state index contributed by atoms with van der Waals surface area (Å²) in [6.07, 6.45) is 5.04. The van der Waals surface area contributed by atoms with E-state index >= 15 is 0 Å². The fraction of sp³-hybridized carbons (Fsp3) is 0.630. The highest BCUT2D eigenvalue weighted by Crippen LogP contribution is 2.30. The predicted molar refractivity (Wildman–Crippen MR) is 136 cm³/mol. The molecule has 1 atom stereocenters. The van der Waals surface area contributed by atoms with E-state index in [1.807, 2.05) is 11.8 Å². The minimum atomic E-state index is -0.920. The number of carboxylic acid groups (broad SMARTS) is 1. The average molecular weight is 503 g/mol. The van der Waals surface area contributed by atoms with Gasteiger partial charge in [-0.05, 0) is 70.4 Å². The SMILES string of the molecule is CCC(NC(=O)c1ccc(C(=N)N2CCCCC2)cc1F)C(C)(C)C(=O)N1CCC(CC(=O)O)CC1. The molecule has 2 fully saturated rings. The molecular weight excluding hydrogens is 463 g/mol. The molecule has 1 aromatic carbocycles. The summed E-state index contributed by atoms with van der Waals surface area (Å²) in [5, 5.41) is 20.3. The molecule has 0 aromatic heterocycles. The van der Waals surface area contributed by atoms with Crippen LogP contribution in [0, 0.1) is 22.6 Å². The molecule has 0 radical (unpaired) electrons. The van der Waals surface area contributed by atoms with E-state index in [2.05, 4.69) is 5.32 Å². The number of hydrogen-bond donors (Lipinski definition) is 3. The molecule has 3 rings (SSSR count). The molecule has 0 bridgehead atoms. The number of carbonyl (C=O) groups excluding carboxylic acids is 2. The summed E-state index contributed by atoms with van der Waals surface area (Å²) < 4.78 is 15.0. The molecule has 2 amide bonds. The lowest BCUT2D eigenvalue weighted by Gasteiger charge is -2.40. The molecule has 0 aliphatic carbocycles. The topological polar surface area (TPSA) is 114 Å². The van der Waals surface area contributed by atoms with Crippen molar-refractivity contribution in [2.24, 2.45) is 11.3 Å². The number of carboxylic acids is 1. The van der Waals surface area contributed by atoms with Gasteiger partial charge in [0, 0.05) is 44.2 Å². The van der Waals surface area contributed by atoms with Crippen LogP contribution in [0.15, 0.2) is 18.2 Å². The Morgan fingerprint density at radius 3 is 2.31 bits per heavy atom. The Labute approximate surface area is 212 Å². The quantitative estimate of drug-likeness (QED) is 0.369. The number of amidine groups is 1. The second-order valence-corrected chi connectivity index (χ2v) is 10.6. The van der Waals surface area contributed by atoms with Gasteiger partial charge in [0.15, 0.2) is 0 Å². The molecule has 2 aliphatic rings. The van der Waals surface area contributed by atoms with Crippen LogP contribution in [0.5, 0.6) is 0 Å². The zero-order chi connectivity index (χ0) is 26.5. The van der Waals surface area contributed by atoms with Gasteiger partial charge >= 0.3 is 5.97 Å². The molecule has 1 aromatic rings. The second kappa shape index (κ2) is 11.8. The number of aliphatic carboxylic acids is 1. The number of hydrogen-bond acceptors (Lipinski definition) is 4. The number of piperidine rings is 2. The fourth-order valence-corrected chi connectivity index (χ4v) is 5.32. The van der Waals surface area contributed by atoms with Crippen molar-refractivity contribution in [1.29, 1.82) is 5.41 Å². The van der Waals surface area contributed by atoms with Crippen molar-refractivity contribution >= 4 is 23.6 Å². The molecule has 0 saturated carbocycles. The minimum absolute atomic E-state index is 0.0682. The molecule has 198 valence electrons. The summed E-state index contributed by atoms with van der Waals surface area (Å²) in [7, 11) is 0. The van der Waals surface area contributed by atoms with Crippen molar-refractivity contribution in [3.05, 3.63) is 35.1 Å². The van der Waals surface area contributed by atoms with E-state index in [9.17, 15) is 18.8 Å². The van der Waals surface area contributed by atoms with E-state index in [0.29, 0.717) is 37.9 Å². The van der Waals surface area contributed by atoms with Gasteiger partial charge in [-0.1, -0.05) is 13.0 Å². The maximum absolute atomic E-state index is 15.0. The van der Waals surface area contributed by atoms with Crippen molar-refractivity contribution < 1.29 is 23.9 Å². The van der Waals surface area contributed by atoms with Crippen molar-refractivity contribution in [1.82, 2.24) is 15.1 Å². The largest absolute Gasteiger partial charge is 0.481 e. The first-order valence-corrected chi connectivity index (χ1v) is 13.0. The van der Waals surface area contributed by atoms with Gasteiger partial charge < -0.3 is 20.2 Å². The zero-order valence-electron chi connectivity index (χ0n) is 21.6. The summed E-state index contributed by atoms with van der Waals surface area (Å²) in [4.78, 5) is 41.0. The fourth-order valence-electron chi connectivity index (χ4n) is 5.32. The van der Waals surface area contributed by atoms with Crippen LogP contribution in [0.4, 0.5) is 4.39 Å². The number of halogens is 1. The monoisotopic (exact) mass is 502 g/mol. The molecule has 2 heterocycles. The summed E-state index contributed by atoms with van der Waals surface area (Å²) in [5.74, 6) is -1.86. The third-order valence-electron chi connectivity index (χ3n) is 7.66. The molecule has 1 unspecified atom stereocenters. The maximum Gasteiger partial charge on any atom is 0.303 e. The number of nitrogens with zero attached hydrogens (tertiary/aromatic N) is 2. The molecule has 2 saturated heterocycles. The third-order valence-corrected chi connectivity index (χ3v) is 7.66. The smallest absolute Gasteiger partial charge is 0.303 e. The number of rotatable bonds is 8. The lowest BCUT2D eigenvalue weighted by atomic mass is 9.80. The molecule has 9 heteroatoms. The van der Waals surface area contributed by atoms with Gasteiger partial charge in [0.2, 0.25) is 5.91 Å². The van der Waals surface area contributed by atoms with Crippen LogP contribution in [-0.4, -0.2) is 70.7 Å². The predicted octanol–water partition coefficient (Wildman–Crippen LogP) is 3.88. The highest BCUT2D eigenvalue weighted by atomic mass is 19.1. The Bertz CT molecular complexity index is 982. The van der Waals surface area contributed by atoms with E-state index < -0.39 is 29.2 Å². The highest BCUT2D eigenvalue weighted by molar-refractivity contribution is 5.99. The first-order chi connectivity index (χ1) is 17.0. The minimum Gasteiger partial charge on any atom is -0.481 e. The van der Waals surface area contributed by atoms with Gasteiger partial charge in [-0.25, -0.2) is 4.39 Å². The maximum atomic E-state index is 15.0. The highest BCUT2D eigenvalue weighted by Gasteiger charge is 2.41. The van der Waals surface area contributed by atoms with Gasteiger partial charge in [0.25, 0.3) is 5.91 Å². The number of benzene rings is 1. The van der Waals surface area contributed by atoms with Crippen molar-refractivity contribution in [2.75, 3.05) is 26.2 Å². The van der Waals surface area contributed by atoms with Gasteiger partial charge in [-0.15, -0.1) is 0 Å². The molecular formula is C27H39FN4O4. The Morgan fingerprint density at radius 1 is 1.11 bits per heavy atom. The summed E-state index contributed by atoms with van der Waals surface area (Å²) in [6, 6.07) is 3.74. The van der Waals surface area contributed by atoms with Gasteiger partial charge in [-0.2, -0.15) is 0 Å². The van der Waals surface area contributed by atoms with Crippen LogP contribution in [-0.2, 0) is 9.59 Å². The van der Waals surface area contributed by atoms with E-state index in [0.717, 1.165) is 32.4 Å². The Balaban J connectivity index is 1.65. The van der Waals surface area contributed by atoms with Gasteiger partial charge in [0.05, 0.1) is 11.0 Å². The van der Waals surface area contributed by atoms with Crippen LogP contribution in [0.2, 0.25) is 0 Å². The lowest BCUT2D eigenvalue weighted by Crippen LogP contribution is -2.54. The Morgan fingerprint density at radius 2 is 1.75 bits per heavy atom. The molecule has 3 N–H and O–H groups in total. The number of amides is 2. The number of carbonyl (C=O) groups is 3. The summed E-state index contributed by atoms with van der Waals surface area (Å²) in [5.41, 5.74) is -0.585. The van der Waals surface area contributed by atoms with Crippen molar-refractivity contribution in [3.63, 3.8) is 0 Å². The van der Waals surface area contributed by atoms with E-state index in [4.69, 9.17) is 10.5 Å². The van der Waals surface area contributed by atoms with Crippen LogP contribution in [0.25, 0.3) is 0 Å². The average Bonchev–Trinajstić information content (AvgIpc) is 2.86.